The molecule has 0 spiro atoms. The molecule has 3 rings (SSSR count). The molecule has 0 amide bonds. The van der Waals surface area contributed by atoms with Crippen molar-refractivity contribution in [2.45, 2.75) is 58.5 Å². The highest BCUT2D eigenvalue weighted by atomic mass is 16.5. The van der Waals surface area contributed by atoms with Gasteiger partial charge in [0.15, 0.2) is 0 Å². The zero-order chi connectivity index (χ0) is 19.6. The smallest absolute Gasteiger partial charge is 0.225 e. The Morgan fingerprint density at radius 2 is 1.78 bits per heavy atom. The lowest BCUT2D eigenvalue weighted by molar-refractivity contribution is -0.117. The molecule has 5 heteroatoms. The zero-order valence-electron chi connectivity index (χ0n) is 16.9. The lowest BCUT2D eigenvalue weighted by Gasteiger charge is -2.39. The first-order chi connectivity index (χ1) is 12.7. The summed E-state index contributed by atoms with van der Waals surface area (Å²) in [6, 6.07) is 8.08. The standard InChI is InChI=1S/C22H29N3O2/c1-15(10-16(2)26)17-6-8-19(9-7-17)27-20-13-25(14-20)21-23-11-18(12-24-21)22(3,4)5/h6-9,11-12,15,20H,10,13-14H2,1-5H3/t15-/m1/s1. The molecule has 1 saturated heterocycles. The van der Waals surface area contributed by atoms with E-state index in [4.69, 9.17) is 4.74 Å². The summed E-state index contributed by atoms with van der Waals surface area (Å²) in [5.74, 6) is 2.08. The molecular weight excluding hydrogens is 338 g/mol. The van der Waals surface area contributed by atoms with Gasteiger partial charge in [-0.25, -0.2) is 9.97 Å². The number of ketones is 1. The van der Waals surface area contributed by atoms with Crippen LogP contribution in [0.2, 0.25) is 0 Å². The van der Waals surface area contributed by atoms with E-state index in [-0.39, 0.29) is 23.2 Å². The van der Waals surface area contributed by atoms with Gasteiger partial charge in [-0.1, -0.05) is 39.8 Å². The zero-order valence-corrected chi connectivity index (χ0v) is 16.9. The van der Waals surface area contributed by atoms with Crippen molar-refractivity contribution in [3.05, 3.63) is 47.8 Å². The number of hydrogen-bond donors (Lipinski definition) is 0. The second-order valence-corrected chi connectivity index (χ2v) is 8.54. The quantitative estimate of drug-likeness (QED) is 0.768. The summed E-state index contributed by atoms with van der Waals surface area (Å²) < 4.78 is 6.03. The predicted octanol–water partition coefficient (Wildman–Crippen LogP) is 4.12. The summed E-state index contributed by atoms with van der Waals surface area (Å²) >= 11 is 0. The summed E-state index contributed by atoms with van der Waals surface area (Å²) in [6.45, 7) is 11.8. The highest BCUT2D eigenvalue weighted by Crippen LogP contribution is 2.26. The summed E-state index contributed by atoms with van der Waals surface area (Å²) in [5, 5.41) is 0. The van der Waals surface area contributed by atoms with Crippen LogP contribution in [0.25, 0.3) is 0 Å². The Morgan fingerprint density at radius 3 is 2.30 bits per heavy atom. The molecule has 1 atom stereocenters. The number of hydrogen-bond acceptors (Lipinski definition) is 5. The second kappa shape index (κ2) is 7.67. The number of rotatable bonds is 6. The molecule has 0 radical (unpaired) electrons. The van der Waals surface area contributed by atoms with E-state index in [0.29, 0.717) is 6.42 Å². The summed E-state index contributed by atoms with van der Waals surface area (Å²) in [6.07, 6.45) is 4.55. The number of anilines is 1. The highest BCUT2D eigenvalue weighted by Gasteiger charge is 2.30. The Balaban J connectivity index is 1.51. The summed E-state index contributed by atoms with van der Waals surface area (Å²) in [7, 11) is 0. The van der Waals surface area contributed by atoms with Crippen LogP contribution in [-0.4, -0.2) is 34.9 Å². The van der Waals surface area contributed by atoms with E-state index in [1.165, 1.54) is 5.56 Å². The maximum atomic E-state index is 11.3. The lowest BCUT2D eigenvalue weighted by Crippen LogP contribution is -2.54. The van der Waals surface area contributed by atoms with Crippen molar-refractivity contribution in [2.75, 3.05) is 18.0 Å². The molecule has 144 valence electrons. The number of benzene rings is 1. The molecule has 5 nitrogen and oxygen atoms in total. The molecule has 0 aliphatic carbocycles. The van der Waals surface area contributed by atoms with Crippen molar-refractivity contribution < 1.29 is 9.53 Å². The molecule has 2 aromatic rings. The minimum Gasteiger partial charge on any atom is -0.487 e. The molecule has 1 aromatic heterocycles. The molecule has 2 heterocycles. The van der Waals surface area contributed by atoms with Gasteiger partial charge < -0.3 is 14.4 Å². The molecule has 0 N–H and O–H groups in total. The van der Waals surface area contributed by atoms with Gasteiger partial charge in [-0.15, -0.1) is 0 Å². The minimum absolute atomic E-state index is 0.0627. The maximum Gasteiger partial charge on any atom is 0.225 e. The Kier molecular flexibility index (Phi) is 5.49. The van der Waals surface area contributed by atoms with Crippen molar-refractivity contribution in [2.24, 2.45) is 0 Å². The van der Waals surface area contributed by atoms with Crippen LogP contribution in [0.3, 0.4) is 0 Å². The number of Topliss-reactive ketones (excluding diaryl/α,β-unsaturated/α-hetero) is 1. The van der Waals surface area contributed by atoms with Gasteiger partial charge in [-0.05, 0) is 41.5 Å². The first-order valence-corrected chi connectivity index (χ1v) is 9.56. The number of nitrogens with zero attached hydrogens (tertiary/aromatic N) is 3. The average Bonchev–Trinajstić information content (AvgIpc) is 2.57. The van der Waals surface area contributed by atoms with Crippen LogP contribution in [-0.2, 0) is 10.2 Å². The molecule has 0 bridgehead atoms. The van der Waals surface area contributed by atoms with Crippen molar-refractivity contribution in [1.29, 1.82) is 0 Å². The fraction of sp³-hybridized carbons (Fsp3) is 0.500. The highest BCUT2D eigenvalue weighted by molar-refractivity contribution is 5.76. The topological polar surface area (TPSA) is 55.3 Å². The van der Waals surface area contributed by atoms with Gasteiger partial charge in [0.2, 0.25) is 5.95 Å². The maximum absolute atomic E-state index is 11.3. The molecule has 1 aliphatic heterocycles. The first kappa shape index (κ1) is 19.3. The van der Waals surface area contributed by atoms with Gasteiger partial charge in [-0.2, -0.15) is 0 Å². The van der Waals surface area contributed by atoms with Gasteiger partial charge >= 0.3 is 0 Å². The van der Waals surface area contributed by atoms with Crippen LogP contribution >= 0.6 is 0 Å². The Bertz CT molecular complexity index is 773. The Hall–Kier alpha value is -2.43. The Labute approximate surface area is 161 Å². The molecule has 1 aromatic carbocycles. The largest absolute Gasteiger partial charge is 0.487 e. The van der Waals surface area contributed by atoms with Crippen LogP contribution in [0.4, 0.5) is 5.95 Å². The number of aromatic nitrogens is 2. The molecular formula is C22H29N3O2. The summed E-state index contributed by atoms with van der Waals surface area (Å²) in [4.78, 5) is 22.4. The van der Waals surface area contributed by atoms with E-state index in [2.05, 4.69) is 42.6 Å². The normalized spacial score (nSPS) is 16.0. The third-order valence-electron chi connectivity index (χ3n) is 4.98. The second-order valence-electron chi connectivity index (χ2n) is 8.54. The fourth-order valence-electron chi connectivity index (χ4n) is 3.16. The van der Waals surface area contributed by atoms with E-state index in [0.717, 1.165) is 30.4 Å². The van der Waals surface area contributed by atoms with Gasteiger partial charge in [-0.3, -0.25) is 0 Å². The Morgan fingerprint density at radius 1 is 1.19 bits per heavy atom. The van der Waals surface area contributed by atoms with Gasteiger partial charge in [0.25, 0.3) is 0 Å². The van der Waals surface area contributed by atoms with E-state index >= 15 is 0 Å². The molecule has 0 saturated carbocycles. The number of ether oxygens (including phenoxy) is 1. The van der Waals surface area contributed by atoms with Crippen molar-refractivity contribution in [1.82, 2.24) is 9.97 Å². The van der Waals surface area contributed by atoms with Crippen molar-refractivity contribution in [3.8, 4) is 5.75 Å². The van der Waals surface area contributed by atoms with Crippen LogP contribution in [0, 0.1) is 0 Å². The van der Waals surface area contributed by atoms with Crippen LogP contribution in [0.15, 0.2) is 36.7 Å². The predicted molar refractivity (Wildman–Crippen MR) is 108 cm³/mol. The van der Waals surface area contributed by atoms with Crippen LogP contribution in [0.5, 0.6) is 5.75 Å². The van der Waals surface area contributed by atoms with E-state index in [1.54, 1.807) is 6.92 Å². The average molecular weight is 367 g/mol. The molecule has 1 aliphatic rings. The van der Waals surface area contributed by atoms with E-state index in [1.807, 2.05) is 36.7 Å². The van der Waals surface area contributed by atoms with E-state index < -0.39 is 0 Å². The van der Waals surface area contributed by atoms with E-state index in [9.17, 15) is 4.79 Å². The third kappa shape index (κ3) is 4.85. The van der Waals surface area contributed by atoms with Crippen LogP contribution < -0.4 is 9.64 Å². The molecule has 1 fully saturated rings. The lowest BCUT2D eigenvalue weighted by atomic mass is 9.89. The summed E-state index contributed by atoms with van der Waals surface area (Å²) in [5.41, 5.74) is 2.37. The SMILES string of the molecule is CC(=O)C[C@@H](C)c1ccc(OC2CN(c3ncc(C(C)(C)C)cn3)C2)cc1. The fourth-order valence-corrected chi connectivity index (χ4v) is 3.16. The van der Waals surface area contributed by atoms with Crippen LogP contribution in [0.1, 0.15) is 58.1 Å². The van der Waals surface area contributed by atoms with Gasteiger partial charge in [0.1, 0.15) is 17.6 Å². The number of carbonyl (C=O) groups is 1. The molecule has 0 unspecified atom stereocenters. The molecule has 27 heavy (non-hydrogen) atoms. The van der Waals surface area contributed by atoms with Gasteiger partial charge in [0.05, 0.1) is 13.1 Å². The first-order valence-electron chi connectivity index (χ1n) is 9.56. The van der Waals surface area contributed by atoms with Gasteiger partial charge in [0, 0.05) is 18.8 Å². The minimum atomic E-state index is 0.0627. The third-order valence-corrected chi connectivity index (χ3v) is 4.98. The number of carbonyl (C=O) groups excluding carboxylic acids is 1. The van der Waals surface area contributed by atoms with Crippen molar-refractivity contribution >= 4 is 11.7 Å². The van der Waals surface area contributed by atoms with Crippen molar-refractivity contribution in [3.63, 3.8) is 0 Å². The monoisotopic (exact) mass is 367 g/mol.